The molecule has 0 aromatic heterocycles. The van der Waals surface area contributed by atoms with E-state index in [-0.39, 0.29) is 35.0 Å². The summed E-state index contributed by atoms with van der Waals surface area (Å²) >= 11 is 1.28. The van der Waals surface area contributed by atoms with Gasteiger partial charge in [0, 0.05) is 11.8 Å². The van der Waals surface area contributed by atoms with Gasteiger partial charge in [-0.05, 0) is 28.8 Å². The fraction of sp³-hybridized carbons (Fsp3) is 0. The average molecular weight is 307 g/mol. The summed E-state index contributed by atoms with van der Waals surface area (Å²) in [6.07, 6.45) is 0. The second-order valence-corrected chi connectivity index (χ2v) is 4.75. The molecule has 0 radical (unpaired) electrons. The molecule has 2 aromatic rings. The molecule has 19 heavy (non-hydrogen) atoms. The molecule has 2 N–H and O–H groups in total. The number of hydrogen-bond donors (Lipinski definition) is 1. The van der Waals surface area contributed by atoms with Crippen LogP contribution in [0.4, 0.5) is 0 Å². The van der Waals surface area contributed by atoms with Crippen LogP contribution in [0.15, 0.2) is 70.5 Å². The maximum atomic E-state index is 8.59. The summed E-state index contributed by atoms with van der Waals surface area (Å²) in [6, 6.07) is 21.0. The molecule has 0 aliphatic heterocycles. The largest absolute Gasteiger partial charge is 1.00 e. The van der Waals surface area contributed by atoms with Crippen molar-refractivity contribution in [1.82, 2.24) is 0 Å². The Hall–Kier alpha value is -0.230. The van der Waals surface area contributed by atoms with Crippen LogP contribution in [-0.2, 0) is 16.3 Å². The predicted octanol–water partition coefficient (Wildman–Crippen LogP) is -1.26. The number of thiol groups is 1. The Morgan fingerprint density at radius 3 is 1.42 bits per heavy atom. The minimum absolute atomic E-state index is 0. The van der Waals surface area contributed by atoms with Crippen molar-refractivity contribution in [2.75, 3.05) is 0 Å². The molecular formula is C12H13NaO4PS+. The van der Waals surface area contributed by atoms with Crippen LogP contribution in [0.25, 0.3) is 0 Å². The molecule has 0 aliphatic carbocycles. The van der Waals surface area contributed by atoms with E-state index in [2.05, 4.69) is 48.5 Å². The van der Waals surface area contributed by atoms with Crippen LogP contribution in [0.1, 0.15) is 0 Å². The van der Waals surface area contributed by atoms with Crippen LogP contribution in [0.3, 0.4) is 0 Å². The van der Waals surface area contributed by atoms with E-state index >= 15 is 0 Å². The summed E-state index contributed by atoms with van der Waals surface area (Å²) in [5.41, 5.74) is 0. The number of benzene rings is 2. The van der Waals surface area contributed by atoms with Crippen LogP contribution >= 0.6 is 8.25 Å². The van der Waals surface area contributed by atoms with Gasteiger partial charge in [-0.2, -0.15) is 4.89 Å². The van der Waals surface area contributed by atoms with E-state index in [0.29, 0.717) is 0 Å². The molecule has 4 nitrogen and oxygen atoms in total. The SMILES string of the molecule is O=[P+]([O-])O.[Na+].[OH-].c1ccc([SH+]c2ccccc2)cc1. The zero-order valence-electron chi connectivity index (χ0n) is 10.4. The van der Waals surface area contributed by atoms with E-state index < -0.39 is 8.25 Å². The van der Waals surface area contributed by atoms with Gasteiger partial charge in [-0.1, -0.05) is 36.4 Å². The van der Waals surface area contributed by atoms with Gasteiger partial charge in [-0.3, -0.25) is 0 Å². The molecule has 0 amide bonds. The Bertz CT molecular complexity index is 414. The van der Waals surface area contributed by atoms with Crippen LogP contribution in [0.2, 0.25) is 0 Å². The molecule has 1 atom stereocenters. The Kier molecular flexibility index (Phi) is 14.2. The summed E-state index contributed by atoms with van der Waals surface area (Å²) in [5.74, 6) is 0. The normalized spacial score (nSPS) is 9.05. The summed E-state index contributed by atoms with van der Waals surface area (Å²) in [7, 11) is -3.12. The predicted molar refractivity (Wildman–Crippen MR) is 69.9 cm³/mol. The van der Waals surface area contributed by atoms with Gasteiger partial charge in [0.05, 0.1) is 0 Å². The summed E-state index contributed by atoms with van der Waals surface area (Å²) in [5, 5.41) is 0. The molecule has 0 spiro atoms. The first-order chi connectivity index (χ1) is 8.18. The molecule has 2 aromatic carbocycles. The molecule has 0 heterocycles. The number of hydrogen-bond acceptors (Lipinski definition) is 3. The molecule has 0 saturated carbocycles. The summed E-state index contributed by atoms with van der Waals surface area (Å²) in [6.45, 7) is 0. The third-order valence-corrected chi connectivity index (χ3v) is 2.88. The molecule has 0 aliphatic rings. The Balaban J connectivity index is 0. The second kappa shape index (κ2) is 12.8. The molecule has 7 heteroatoms. The Labute approximate surface area is 139 Å². The zero-order chi connectivity index (χ0) is 12.5. The molecule has 96 valence electrons. The molecule has 0 saturated heterocycles. The second-order valence-electron chi connectivity index (χ2n) is 3.02. The van der Waals surface area contributed by atoms with E-state index in [9.17, 15) is 0 Å². The van der Waals surface area contributed by atoms with E-state index in [1.807, 2.05) is 12.1 Å². The van der Waals surface area contributed by atoms with Crippen molar-refractivity contribution in [2.24, 2.45) is 0 Å². The monoisotopic (exact) mass is 307 g/mol. The molecule has 0 fully saturated rings. The first-order valence-electron chi connectivity index (χ1n) is 4.83. The van der Waals surface area contributed by atoms with Crippen molar-refractivity contribution in [3.8, 4) is 0 Å². The van der Waals surface area contributed by atoms with Crippen molar-refractivity contribution in [3.63, 3.8) is 0 Å². The van der Waals surface area contributed by atoms with Gasteiger partial charge in [0.25, 0.3) is 0 Å². The smallest absolute Gasteiger partial charge is 0.870 e. The van der Waals surface area contributed by atoms with Crippen LogP contribution in [-0.4, -0.2) is 10.4 Å². The fourth-order valence-electron chi connectivity index (χ4n) is 1.15. The first-order valence-corrected chi connectivity index (χ1v) is 6.86. The topological polar surface area (TPSA) is 90.4 Å². The molecule has 0 bridgehead atoms. The van der Waals surface area contributed by atoms with E-state index in [1.165, 1.54) is 21.6 Å². The molecule has 2 rings (SSSR count). The van der Waals surface area contributed by atoms with Gasteiger partial charge in [0.2, 0.25) is 0 Å². The van der Waals surface area contributed by atoms with Gasteiger partial charge in [-0.15, -0.1) is 0 Å². The maximum Gasteiger partial charge on any atom is 1.00 e. The third-order valence-electron chi connectivity index (χ3n) is 1.77. The van der Waals surface area contributed by atoms with E-state index in [1.54, 1.807) is 0 Å². The zero-order valence-corrected chi connectivity index (χ0v) is 14.2. The van der Waals surface area contributed by atoms with Gasteiger partial charge >= 0.3 is 37.8 Å². The fourth-order valence-corrected chi connectivity index (χ4v) is 2.09. The minimum Gasteiger partial charge on any atom is -0.870 e. The van der Waals surface area contributed by atoms with Crippen molar-refractivity contribution in [2.45, 2.75) is 9.79 Å². The van der Waals surface area contributed by atoms with E-state index in [0.717, 1.165) is 0 Å². The van der Waals surface area contributed by atoms with Crippen molar-refractivity contribution < 1.29 is 49.4 Å². The van der Waals surface area contributed by atoms with Gasteiger partial charge in [0.15, 0.2) is 9.79 Å². The Morgan fingerprint density at radius 1 is 0.895 bits per heavy atom. The standard InChI is InChI=1S/C12H10S.Na.HO3P.H2O/c1-3-7-11(8-4-1)13-12-9-5-2-6-10-12;;1-4(2)3;/h1-10H;;(H,1,2,3);1H2/q;+1;;. The van der Waals surface area contributed by atoms with Gasteiger partial charge in [0.1, 0.15) is 0 Å². The van der Waals surface area contributed by atoms with Crippen LogP contribution < -0.4 is 34.5 Å². The quantitative estimate of drug-likeness (QED) is 0.325. The molecular weight excluding hydrogens is 294 g/mol. The average Bonchev–Trinajstić information content (AvgIpc) is 2.31. The maximum absolute atomic E-state index is 8.59. The third kappa shape index (κ3) is 11.3. The minimum atomic E-state index is -3.12. The van der Waals surface area contributed by atoms with Gasteiger partial charge in [-0.25, -0.2) is 0 Å². The van der Waals surface area contributed by atoms with E-state index in [4.69, 9.17) is 14.4 Å². The van der Waals surface area contributed by atoms with Crippen molar-refractivity contribution >= 4 is 20.0 Å². The number of rotatable bonds is 2. The van der Waals surface area contributed by atoms with Crippen molar-refractivity contribution in [3.05, 3.63) is 60.7 Å². The van der Waals surface area contributed by atoms with Crippen LogP contribution in [0, 0.1) is 0 Å². The van der Waals surface area contributed by atoms with Gasteiger partial charge < -0.3 is 10.4 Å². The van der Waals surface area contributed by atoms with Crippen LogP contribution in [0.5, 0.6) is 0 Å². The summed E-state index contributed by atoms with van der Waals surface area (Å²) in [4.78, 5) is 18.3. The van der Waals surface area contributed by atoms with Crippen molar-refractivity contribution in [1.29, 1.82) is 0 Å². The Morgan fingerprint density at radius 2 is 1.16 bits per heavy atom. The summed E-state index contributed by atoms with van der Waals surface area (Å²) < 4.78 is 8.59. The first kappa shape index (κ1) is 21.1. The molecule has 1 unspecified atom stereocenters.